The van der Waals surface area contributed by atoms with Crippen molar-refractivity contribution in [3.63, 3.8) is 0 Å². The number of nitrogens with zero attached hydrogens (tertiary/aromatic N) is 1. The Morgan fingerprint density at radius 2 is 1.93 bits per heavy atom. The van der Waals surface area contributed by atoms with Gasteiger partial charge in [-0.15, -0.1) is 0 Å². The third-order valence-electron chi connectivity index (χ3n) is 4.37. The van der Waals surface area contributed by atoms with E-state index in [1.807, 2.05) is 19.9 Å². The molecule has 0 unspecified atom stereocenters. The third kappa shape index (κ3) is 3.97. The lowest BCUT2D eigenvalue weighted by Crippen LogP contribution is -2.35. The summed E-state index contributed by atoms with van der Waals surface area (Å²) in [6.45, 7) is 3.92. The minimum atomic E-state index is -0.498. The summed E-state index contributed by atoms with van der Waals surface area (Å²) in [4.78, 5) is 25.3. The highest BCUT2D eigenvalue weighted by molar-refractivity contribution is 6.32. The maximum absolute atomic E-state index is 12.8. The number of halogens is 1. The van der Waals surface area contributed by atoms with Gasteiger partial charge in [0.1, 0.15) is 5.57 Å². The number of methoxy groups -OCH3 is 1. The molecule has 6 nitrogen and oxygen atoms in total. The molecule has 1 atom stereocenters. The number of nitrogens with one attached hydrogen (secondary N) is 1. The minimum absolute atomic E-state index is 0.0119. The van der Waals surface area contributed by atoms with Crippen molar-refractivity contribution in [2.75, 3.05) is 12.1 Å². The lowest BCUT2D eigenvalue weighted by Gasteiger charge is -2.18. The highest BCUT2D eigenvalue weighted by Gasteiger charge is 2.34. The van der Waals surface area contributed by atoms with Crippen LogP contribution in [0.1, 0.15) is 25.8 Å². The second kappa shape index (κ2) is 8.35. The number of hydrogen-bond acceptors (Lipinski definition) is 4. The number of ether oxygens (including phenoxy) is 2. The zero-order valence-electron chi connectivity index (χ0n) is 15.9. The first kappa shape index (κ1) is 19.8. The van der Waals surface area contributed by atoms with Crippen molar-refractivity contribution < 1.29 is 19.1 Å². The first-order valence-corrected chi connectivity index (χ1v) is 9.28. The fraction of sp³-hybridized carbons (Fsp3) is 0.238. The van der Waals surface area contributed by atoms with E-state index in [1.165, 1.54) is 18.2 Å². The molecule has 2 amide bonds. The molecule has 146 valence electrons. The van der Waals surface area contributed by atoms with Crippen LogP contribution < -0.4 is 19.9 Å². The molecular formula is C21H21ClN2O4. The Bertz CT molecular complexity index is 928. The molecular weight excluding hydrogens is 380 g/mol. The number of carbonyl (C=O) groups excluding carboxylic acids is 2. The topological polar surface area (TPSA) is 67.9 Å². The summed E-state index contributed by atoms with van der Waals surface area (Å²) in [5.74, 6) is -0.0788. The molecule has 1 aliphatic heterocycles. The van der Waals surface area contributed by atoms with Crippen LogP contribution in [0.3, 0.4) is 0 Å². The van der Waals surface area contributed by atoms with Crippen LogP contribution in [0.4, 0.5) is 5.69 Å². The second-order valence-corrected chi connectivity index (χ2v) is 6.77. The molecule has 3 rings (SSSR count). The van der Waals surface area contributed by atoms with E-state index in [-0.39, 0.29) is 11.7 Å². The number of anilines is 1. The number of para-hydroxylation sites is 1. The molecule has 0 aromatic heterocycles. The van der Waals surface area contributed by atoms with Crippen molar-refractivity contribution in [3.05, 3.63) is 58.6 Å². The smallest absolute Gasteiger partial charge is 0.282 e. The van der Waals surface area contributed by atoms with Gasteiger partial charge in [0, 0.05) is 16.7 Å². The van der Waals surface area contributed by atoms with Crippen molar-refractivity contribution in [1.29, 1.82) is 0 Å². The van der Waals surface area contributed by atoms with Crippen LogP contribution >= 0.6 is 11.6 Å². The highest BCUT2D eigenvalue weighted by Crippen LogP contribution is 2.37. The summed E-state index contributed by atoms with van der Waals surface area (Å²) in [5.41, 5.74) is 3.64. The number of rotatable bonds is 6. The minimum Gasteiger partial charge on any atom is -0.493 e. The van der Waals surface area contributed by atoms with E-state index in [4.69, 9.17) is 21.1 Å². The Kier molecular flexibility index (Phi) is 5.90. The second-order valence-electron chi connectivity index (χ2n) is 6.34. The van der Waals surface area contributed by atoms with Gasteiger partial charge in [-0.3, -0.25) is 15.0 Å². The van der Waals surface area contributed by atoms with Gasteiger partial charge in [-0.2, -0.15) is 0 Å². The molecule has 1 N–H and O–H groups in total. The van der Waals surface area contributed by atoms with Crippen LogP contribution in [-0.2, 0) is 9.59 Å². The molecule has 0 saturated carbocycles. The Morgan fingerprint density at radius 1 is 1.21 bits per heavy atom. The fourth-order valence-electron chi connectivity index (χ4n) is 2.73. The van der Waals surface area contributed by atoms with E-state index in [2.05, 4.69) is 5.43 Å². The first-order valence-electron chi connectivity index (χ1n) is 8.91. The van der Waals surface area contributed by atoms with Crippen LogP contribution in [0, 0.1) is 0 Å². The van der Waals surface area contributed by atoms with Crippen molar-refractivity contribution in [1.82, 2.24) is 5.43 Å². The van der Waals surface area contributed by atoms with Gasteiger partial charge in [-0.25, -0.2) is 5.01 Å². The highest BCUT2D eigenvalue weighted by atomic mass is 35.5. The van der Waals surface area contributed by atoms with Crippen LogP contribution in [0.15, 0.2) is 48.0 Å². The monoisotopic (exact) mass is 400 g/mol. The zero-order chi connectivity index (χ0) is 20.3. The molecule has 2 aromatic carbocycles. The van der Waals surface area contributed by atoms with E-state index in [0.29, 0.717) is 27.8 Å². The predicted molar refractivity (Wildman–Crippen MR) is 108 cm³/mol. The zero-order valence-corrected chi connectivity index (χ0v) is 16.6. The van der Waals surface area contributed by atoms with Crippen LogP contribution in [0.25, 0.3) is 6.08 Å². The van der Waals surface area contributed by atoms with Gasteiger partial charge in [-0.1, -0.05) is 36.7 Å². The van der Waals surface area contributed by atoms with Crippen LogP contribution in [0.5, 0.6) is 11.5 Å². The third-order valence-corrected chi connectivity index (χ3v) is 4.59. The summed E-state index contributed by atoms with van der Waals surface area (Å²) in [6, 6.07) is 12.2. The SMILES string of the molecule is CC[C@H](C)Oc1c(/C=C2\C(=O)NN(c3ccccc3)C2=O)cc(Cl)cc1OC. The van der Waals surface area contributed by atoms with Gasteiger partial charge in [0.15, 0.2) is 11.5 Å². The fourth-order valence-corrected chi connectivity index (χ4v) is 2.95. The van der Waals surface area contributed by atoms with Gasteiger partial charge < -0.3 is 9.47 Å². The van der Waals surface area contributed by atoms with Gasteiger partial charge in [0.2, 0.25) is 0 Å². The average molecular weight is 401 g/mol. The van der Waals surface area contributed by atoms with E-state index < -0.39 is 11.8 Å². The predicted octanol–water partition coefficient (Wildman–Crippen LogP) is 3.99. The summed E-state index contributed by atoms with van der Waals surface area (Å²) >= 11 is 6.19. The molecule has 1 aliphatic rings. The Morgan fingerprint density at radius 3 is 2.57 bits per heavy atom. The largest absolute Gasteiger partial charge is 0.493 e. The van der Waals surface area contributed by atoms with Gasteiger partial charge >= 0.3 is 0 Å². The summed E-state index contributed by atoms with van der Waals surface area (Å²) < 4.78 is 11.4. The number of carbonyl (C=O) groups is 2. The van der Waals surface area contributed by atoms with Crippen molar-refractivity contribution in [2.24, 2.45) is 0 Å². The van der Waals surface area contributed by atoms with Crippen molar-refractivity contribution in [2.45, 2.75) is 26.4 Å². The quantitative estimate of drug-likeness (QED) is 0.588. The summed E-state index contributed by atoms with van der Waals surface area (Å²) in [7, 11) is 1.51. The molecule has 0 spiro atoms. The van der Waals surface area contributed by atoms with Gasteiger partial charge in [-0.05, 0) is 37.6 Å². The molecule has 1 fully saturated rings. The Labute approximate surface area is 168 Å². The molecule has 28 heavy (non-hydrogen) atoms. The molecule has 1 saturated heterocycles. The van der Waals surface area contributed by atoms with E-state index in [0.717, 1.165) is 6.42 Å². The van der Waals surface area contributed by atoms with E-state index in [9.17, 15) is 9.59 Å². The number of amides is 2. The lowest BCUT2D eigenvalue weighted by atomic mass is 10.1. The number of benzene rings is 2. The number of hydrazine groups is 1. The molecule has 7 heteroatoms. The molecule has 2 aromatic rings. The maximum Gasteiger partial charge on any atom is 0.282 e. The van der Waals surface area contributed by atoms with E-state index in [1.54, 1.807) is 36.4 Å². The number of hydrogen-bond donors (Lipinski definition) is 1. The average Bonchev–Trinajstić information content (AvgIpc) is 2.98. The lowest BCUT2D eigenvalue weighted by molar-refractivity contribution is -0.117. The standard InChI is InChI=1S/C21H21ClN2O4/c1-4-13(2)28-19-14(10-15(22)12-18(19)27-3)11-17-20(25)23-24(21(17)26)16-8-6-5-7-9-16/h5-13H,4H2,1-3H3,(H,23,25)/b17-11+/t13-/m0/s1. The van der Waals surface area contributed by atoms with Crippen molar-refractivity contribution in [3.8, 4) is 11.5 Å². The van der Waals surface area contributed by atoms with Crippen LogP contribution in [0.2, 0.25) is 5.02 Å². The summed E-state index contributed by atoms with van der Waals surface area (Å²) in [5, 5.41) is 1.62. The molecule has 0 radical (unpaired) electrons. The van der Waals surface area contributed by atoms with Gasteiger partial charge in [0.25, 0.3) is 11.8 Å². The molecule has 1 heterocycles. The Hall–Kier alpha value is -2.99. The van der Waals surface area contributed by atoms with Crippen LogP contribution in [-0.4, -0.2) is 25.0 Å². The van der Waals surface area contributed by atoms with Gasteiger partial charge in [0.05, 0.1) is 18.9 Å². The summed E-state index contributed by atoms with van der Waals surface area (Å²) in [6.07, 6.45) is 2.18. The molecule has 0 aliphatic carbocycles. The normalized spacial score (nSPS) is 16.3. The maximum atomic E-state index is 12.8. The molecule has 0 bridgehead atoms. The Balaban J connectivity index is 2.04. The van der Waals surface area contributed by atoms with E-state index >= 15 is 0 Å². The first-order chi connectivity index (χ1) is 13.4. The van der Waals surface area contributed by atoms with Crippen molar-refractivity contribution >= 4 is 35.2 Å².